The Balaban J connectivity index is 2.25. The average Bonchev–Trinajstić information content (AvgIpc) is 2.56. The number of rotatable bonds is 5. The average molecular weight is 245 g/mol. The molecule has 0 N–H and O–H groups in total. The first kappa shape index (κ1) is 12.6. The molecule has 16 heavy (non-hydrogen) atoms. The molecule has 6 nitrogen and oxygen atoms in total. The Bertz CT molecular complexity index is 301. The van der Waals surface area contributed by atoms with Crippen molar-refractivity contribution >= 4 is 29.7 Å². The van der Waals surface area contributed by atoms with Gasteiger partial charge in [0.2, 0.25) is 0 Å². The summed E-state index contributed by atoms with van der Waals surface area (Å²) < 4.78 is 4.63. The molecule has 0 bridgehead atoms. The molecule has 0 aliphatic carbocycles. The maximum Gasteiger partial charge on any atom is 0.533 e. The number of nitrogens with zero attached hydrogens (tertiary/aromatic N) is 1. The van der Waals surface area contributed by atoms with Crippen molar-refractivity contribution in [2.24, 2.45) is 0 Å². The predicted molar refractivity (Wildman–Crippen MR) is 56.2 cm³/mol. The quantitative estimate of drug-likeness (QED) is 0.410. The van der Waals surface area contributed by atoms with Crippen LogP contribution in [0.1, 0.15) is 12.8 Å². The van der Waals surface area contributed by atoms with E-state index >= 15 is 0 Å². The van der Waals surface area contributed by atoms with E-state index in [9.17, 15) is 14.4 Å². The number of imide groups is 1. The lowest BCUT2D eigenvalue weighted by Gasteiger charge is -2.11. The summed E-state index contributed by atoms with van der Waals surface area (Å²) in [6, 6.07) is 0. The van der Waals surface area contributed by atoms with E-state index in [1.54, 1.807) is 5.41 Å². The lowest BCUT2D eigenvalue weighted by molar-refractivity contribution is -0.176. The van der Waals surface area contributed by atoms with Gasteiger partial charge in [-0.2, -0.15) is 0 Å². The summed E-state index contributed by atoms with van der Waals surface area (Å²) in [5.41, 5.74) is 0. The molecule has 1 saturated heterocycles. The van der Waals surface area contributed by atoms with Gasteiger partial charge in [-0.1, -0.05) is 11.6 Å². The minimum Gasteiger partial charge on any atom is -0.432 e. The highest BCUT2D eigenvalue weighted by Crippen LogP contribution is 2.12. The van der Waals surface area contributed by atoms with Crippen LogP contribution in [0.2, 0.25) is 0 Å². The third-order valence-corrected chi connectivity index (χ3v) is 2.35. The van der Waals surface area contributed by atoms with Gasteiger partial charge in [0.05, 0.1) is 0 Å². The van der Waals surface area contributed by atoms with Crippen molar-refractivity contribution in [3.63, 3.8) is 0 Å². The van der Waals surface area contributed by atoms with Crippen LogP contribution < -0.4 is 0 Å². The molecular formula is C9H11NO5S. The molecule has 1 aliphatic heterocycles. The SMILES string of the molecule is C=CSCCOC(=O)ON1C(=O)CCC1=O. The maximum atomic E-state index is 11.1. The number of hydrogen-bond acceptors (Lipinski definition) is 6. The normalized spacial score (nSPS) is 15.1. The lowest BCUT2D eigenvalue weighted by atomic mass is 10.4. The minimum absolute atomic E-state index is 0.0679. The summed E-state index contributed by atoms with van der Waals surface area (Å²) in [5.74, 6) is -0.509. The van der Waals surface area contributed by atoms with Gasteiger partial charge in [-0.05, 0) is 5.41 Å². The highest BCUT2D eigenvalue weighted by Gasteiger charge is 2.33. The van der Waals surface area contributed by atoms with E-state index in [0.29, 0.717) is 10.8 Å². The second kappa shape index (κ2) is 6.16. The molecule has 0 aromatic carbocycles. The maximum absolute atomic E-state index is 11.1. The van der Waals surface area contributed by atoms with Crippen molar-refractivity contribution in [1.82, 2.24) is 5.06 Å². The van der Waals surface area contributed by atoms with Crippen LogP contribution >= 0.6 is 11.8 Å². The molecule has 1 fully saturated rings. The molecule has 0 saturated carbocycles. The minimum atomic E-state index is -1.05. The molecule has 7 heteroatoms. The largest absolute Gasteiger partial charge is 0.533 e. The van der Waals surface area contributed by atoms with Gasteiger partial charge in [-0.3, -0.25) is 14.4 Å². The fourth-order valence-electron chi connectivity index (χ4n) is 1.02. The highest BCUT2D eigenvalue weighted by molar-refractivity contribution is 8.02. The summed E-state index contributed by atoms with van der Waals surface area (Å²) in [6.45, 7) is 3.60. The molecule has 1 rings (SSSR count). The molecule has 2 amide bonds. The fraction of sp³-hybridized carbons (Fsp3) is 0.444. The number of carbonyl (C=O) groups excluding carboxylic acids is 3. The standard InChI is InChI=1S/C9H11NO5S/c1-2-16-6-5-14-9(13)15-10-7(11)3-4-8(10)12/h2H,1,3-6H2. The van der Waals surface area contributed by atoms with Gasteiger partial charge < -0.3 is 4.74 Å². The van der Waals surface area contributed by atoms with Crippen LogP contribution in [-0.4, -0.2) is 35.4 Å². The van der Waals surface area contributed by atoms with Crippen molar-refractivity contribution in [1.29, 1.82) is 0 Å². The zero-order valence-corrected chi connectivity index (χ0v) is 9.33. The van der Waals surface area contributed by atoms with E-state index in [4.69, 9.17) is 0 Å². The summed E-state index contributed by atoms with van der Waals surface area (Å²) in [5, 5.41) is 2.06. The smallest absolute Gasteiger partial charge is 0.432 e. The van der Waals surface area contributed by atoms with E-state index in [0.717, 1.165) is 0 Å². The summed E-state index contributed by atoms with van der Waals surface area (Å²) in [7, 11) is 0. The number of hydrogen-bond donors (Lipinski definition) is 0. The first-order valence-corrected chi connectivity index (χ1v) is 5.63. The van der Waals surface area contributed by atoms with E-state index < -0.39 is 18.0 Å². The van der Waals surface area contributed by atoms with Gasteiger partial charge in [0.25, 0.3) is 11.8 Å². The number of hydroxylamine groups is 2. The Kier molecular flexibility index (Phi) is 4.84. The molecule has 0 spiro atoms. The third kappa shape index (κ3) is 3.58. The Labute approximate surface area is 96.5 Å². The summed E-state index contributed by atoms with van der Waals surface area (Å²) in [6.07, 6.45) is -0.912. The van der Waals surface area contributed by atoms with Crippen LogP contribution in [0, 0.1) is 0 Å². The first-order valence-electron chi connectivity index (χ1n) is 4.58. The lowest BCUT2D eigenvalue weighted by Crippen LogP contribution is -2.32. The van der Waals surface area contributed by atoms with Crippen LogP contribution in [-0.2, 0) is 19.2 Å². The molecule has 0 unspecified atom stereocenters. The van der Waals surface area contributed by atoms with Crippen molar-refractivity contribution in [2.45, 2.75) is 12.8 Å². The molecule has 0 aromatic rings. The topological polar surface area (TPSA) is 72.9 Å². The summed E-state index contributed by atoms with van der Waals surface area (Å²) >= 11 is 1.38. The molecule has 0 atom stereocenters. The summed E-state index contributed by atoms with van der Waals surface area (Å²) in [4.78, 5) is 37.6. The fourth-order valence-corrected chi connectivity index (χ4v) is 1.36. The van der Waals surface area contributed by atoms with E-state index in [1.807, 2.05) is 0 Å². The zero-order valence-electron chi connectivity index (χ0n) is 8.51. The second-order valence-electron chi connectivity index (χ2n) is 2.81. The number of amides is 2. The van der Waals surface area contributed by atoms with Gasteiger partial charge in [-0.25, -0.2) is 4.79 Å². The van der Waals surface area contributed by atoms with Gasteiger partial charge in [0.1, 0.15) is 6.61 Å². The van der Waals surface area contributed by atoms with Crippen LogP contribution in [0.25, 0.3) is 0 Å². The number of ether oxygens (including phenoxy) is 1. The van der Waals surface area contributed by atoms with Crippen molar-refractivity contribution in [2.75, 3.05) is 12.4 Å². The van der Waals surface area contributed by atoms with Crippen molar-refractivity contribution in [3.8, 4) is 0 Å². The van der Waals surface area contributed by atoms with Crippen LogP contribution in [0.5, 0.6) is 0 Å². The van der Waals surface area contributed by atoms with Gasteiger partial charge in [0, 0.05) is 18.6 Å². The van der Waals surface area contributed by atoms with Gasteiger partial charge >= 0.3 is 6.16 Å². The van der Waals surface area contributed by atoms with Crippen molar-refractivity contribution in [3.05, 3.63) is 12.0 Å². The Hall–Kier alpha value is -1.50. The Morgan fingerprint density at radius 3 is 2.62 bits per heavy atom. The third-order valence-electron chi connectivity index (χ3n) is 1.71. The van der Waals surface area contributed by atoms with E-state index in [-0.39, 0.29) is 19.4 Å². The predicted octanol–water partition coefficient (Wildman–Crippen LogP) is 1.08. The van der Waals surface area contributed by atoms with E-state index in [2.05, 4.69) is 16.2 Å². The first-order chi connectivity index (χ1) is 7.65. The van der Waals surface area contributed by atoms with Gasteiger partial charge in [0.15, 0.2) is 0 Å². The van der Waals surface area contributed by atoms with Crippen molar-refractivity contribution < 1.29 is 24.0 Å². The number of thioether (sulfide) groups is 1. The molecule has 1 heterocycles. The molecule has 1 aliphatic rings. The van der Waals surface area contributed by atoms with Crippen LogP contribution in [0.15, 0.2) is 12.0 Å². The van der Waals surface area contributed by atoms with Gasteiger partial charge in [-0.15, -0.1) is 11.8 Å². The molecule has 0 aromatic heterocycles. The number of carbonyl (C=O) groups is 3. The highest BCUT2D eigenvalue weighted by atomic mass is 32.2. The van der Waals surface area contributed by atoms with Crippen LogP contribution in [0.4, 0.5) is 4.79 Å². The molecule has 88 valence electrons. The Morgan fingerprint density at radius 2 is 2.06 bits per heavy atom. The molecular weight excluding hydrogens is 234 g/mol. The monoisotopic (exact) mass is 245 g/mol. The second-order valence-corrected chi connectivity index (χ2v) is 3.88. The molecule has 0 radical (unpaired) electrons. The zero-order chi connectivity index (χ0) is 12.0. The van der Waals surface area contributed by atoms with Crippen LogP contribution in [0.3, 0.4) is 0 Å². The van der Waals surface area contributed by atoms with E-state index in [1.165, 1.54) is 11.8 Å². The Morgan fingerprint density at radius 1 is 1.44 bits per heavy atom.